The van der Waals surface area contributed by atoms with Crippen molar-refractivity contribution in [2.24, 2.45) is 0 Å². The van der Waals surface area contributed by atoms with Crippen LogP contribution in [0.3, 0.4) is 0 Å². The first kappa shape index (κ1) is 20.9. The van der Waals surface area contributed by atoms with Gasteiger partial charge in [0, 0.05) is 6.61 Å². The second-order valence-corrected chi connectivity index (χ2v) is 4.30. The van der Waals surface area contributed by atoms with E-state index in [4.69, 9.17) is 14.6 Å². The molecule has 0 aromatic rings. The number of aliphatic hydroxyl groups is 2. The molecule has 0 saturated heterocycles. The molecule has 0 aliphatic rings. The van der Waals surface area contributed by atoms with Gasteiger partial charge in [-0.25, -0.2) is 0 Å². The van der Waals surface area contributed by atoms with E-state index >= 15 is 0 Å². The first-order valence-electron chi connectivity index (χ1n) is 7.22. The molecule has 4 atom stereocenters. The monoisotopic (exact) mass is 276 g/mol. The first-order valence-corrected chi connectivity index (χ1v) is 7.22. The Balaban J connectivity index is 0. The van der Waals surface area contributed by atoms with E-state index < -0.39 is 6.10 Å². The number of ether oxygens (including phenoxy) is 2. The summed E-state index contributed by atoms with van der Waals surface area (Å²) < 4.78 is 11.1. The van der Waals surface area contributed by atoms with Gasteiger partial charge in [-0.1, -0.05) is 19.9 Å². The second-order valence-electron chi connectivity index (χ2n) is 4.30. The van der Waals surface area contributed by atoms with Crippen LogP contribution in [0.25, 0.3) is 0 Å². The highest BCUT2D eigenvalue weighted by molar-refractivity contribution is 4.68. The summed E-state index contributed by atoms with van der Waals surface area (Å²) in [4.78, 5) is 0. The molecule has 19 heavy (non-hydrogen) atoms. The molecule has 4 nitrogen and oxygen atoms in total. The van der Waals surface area contributed by atoms with Gasteiger partial charge in [-0.3, -0.25) is 0 Å². The van der Waals surface area contributed by atoms with Crippen LogP contribution in [-0.4, -0.2) is 41.4 Å². The summed E-state index contributed by atoms with van der Waals surface area (Å²) in [6.45, 7) is 13.2. The Morgan fingerprint density at radius 2 is 1.68 bits per heavy atom. The minimum absolute atomic E-state index is 0.0418. The zero-order valence-corrected chi connectivity index (χ0v) is 13.1. The maximum atomic E-state index is 9.59. The lowest BCUT2D eigenvalue weighted by Crippen LogP contribution is -2.32. The van der Waals surface area contributed by atoms with Gasteiger partial charge in [0.05, 0.1) is 18.3 Å². The highest BCUT2D eigenvalue weighted by atomic mass is 16.7. The van der Waals surface area contributed by atoms with Crippen LogP contribution in [0.2, 0.25) is 0 Å². The first-order chi connectivity index (χ1) is 9.01. The molecule has 0 fully saturated rings. The summed E-state index contributed by atoms with van der Waals surface area (Å²) in [5.74, 6) is 0. The Hall–Kier alpha value is -0.420. The predicted octanol–water partition coefficient (Wildman–Crippen LogP) is 2.88. The van der Waals surface area contributed by atoms with Crippen molar-refractivity contribution in [1.29, 1.82) is 0 Å². The standard InChI is InChI=1S/C13H26O4.C2H6/c1-5-6-7-10(2)16-12(4)17-11(3)13(15)8-9-14;1-2/h5,10-15H,1,6-9H2,2-4H3;1-2H3/t10-,11?,12?,13?;/m1./s1. The van der Waals surface area contributed by atoms with Gasteiger partial charge in [0.25, 0.3) is 0 Å². The van der Waals surface area contributed by atoms with Crippen LogP contribution >= 0.6 is 0 Å². The van der Waals surface area contributed by atoms with Gasteiger partial charge in [0.2, 0.25) is 0 Å². The zero-order valence-electron chi connectivity index (χ0n) is 13.1. The third kappa shape index (κ3) is 12.4. The van der Waals surface area contributed by atoms with Crippen molar-refractivity contribution >= 4 is 0 Å². The van der Waals surface area contributed by atoms with Crippen LogP contribution in [0.5, 0.6) is 0 Å². The third-order valence-corrected chi connectivity index (χ3v) is 2.57. The lowest BCUT2D eigenvalue weighted by Gasteiger charge is -2.25. The topological polar surface area (TPSA) is 58.9 Å². The molecule has 3 unspecified atom stereocenters. The quantitative estimate of drug-likeness (QED) is 0.476. The minimum Gasteiger partial charge on any atom is -0.396 e. The predicted molar refractivity (Wildman–Crippen MR) is 79.0 cm³/mol. The highest BCUT2D eigenvalue weighted by Gasteiger charge is 2.18. The average Bonchev–Trinajstić information content (AvgIpc) is 2.38. The highest BCUT2D eigenvalue weighted by Crippen LogP contribution is 2.11. The Bertz CT molecular complexity index is 197. The summed E-state index contributed by atoms with van der Waals surface area (Å²) in [5, 5.41) is 18.3. The fourth-order valence-electron chi connectivity index (χ4n) is 1.54. The molecular formula is C15H32O4. The fourth-order valence-corrected chi connectivity index (χ4v) is 1.54. The van der Waals surface area contributed by atoms with E-state index in [1.165, 1.54) is 0 Å². The number of allylic oxidation sites excluding steroid dienone is 1. The lowest BCUT2D eigenvalue weighted by molar-refractivity contribution is -0.197. The van der Waals surface area contributed by atoms with E-state index in [0.717, 1.165) is 12.8 Å². The van der Waals surface area contributed by atoms with Crippen molar-refractivity contribution in [1.82, 2.24) is 0 Å². The minimum atomic E-state index is -0.658. The maximum absolute atomic E-state index is 9.59. The van der Waals surface area contributed by atoms with Crippen LogP contribution in [0.1, 0.15) is 53.9 Å². The molecule has 0 aliphatic heterocycles. The molecule has 0 aliphatic carbocycles. The van der Waals surface area contributed by atoms with Crippen molar-refractivity contribution in [2.75, 3.05) is 6.61 Å². The van der Waals surface area contributed by atoms with Gasteiger partial charge in [0.1, 0.15) is 0 Å². The maximum Gasteiger partial charge on any atom is 0.155 e. The van der Waals surface area contributed by atoms with E-state index in [9.17, 15) is 5.11 Å². The Morgan fingerprint density at radius 1 is 1.11 bits per heavy atom. The van der Waals surface area contributed by atoms with E-state index in [-0.39, 0.29) is 25.1 Å². The van der Waals surface area contributed by atoms with Crippen molar-refractivity contribution in [3.05, 3.63) is 12.7 Å². The van der Waals surface area contributed by atoms with Gasteiger partial charge in [0.15, 0.2) is 6.29 Å². The van der Waals surface area contributed by atoms with Crippen LogP contribution < -0.4 is 0 Å². The van der Waals surface area contributed by atoms with Crippen molar-refractivity contribution in [2.45, 2.75) is 78.5 Å². The van der Waals surface area contributed by atoms with Crippen molar-refractivity contribution in [3.63, 3.8) is 0 Å². The van der Waals surface area contributed by atoms with Crippen LogP contribution in [-0.2, 0) is 9.47 Å². The van der Waals surface area contributed by atoms with Gasteiger partial charge >= 0.3 is 0 Å². The van der Waals surface area contributed by atoms with E-state index in [1.54, 1.807) is 6.92 Å². The molecule has 2 N–H and O–H groups in total. The summed E-state index contributed by atoms with van der Waals surface area (Å²) in [5.41, 5.74) is 0. The number of hydrogen-bond donors (Lipinski definition) is 2. The normalized spacial score (nSPS) is 16.8. The second kappa shape index (κ2) is 14.0. The largest absolute Gasteiger partial charge is 0.396 e. The van der Waals surface area contributed by atoms with Gasteiger partial charge in [-0.2, -0.15) is 0 Å². The molecule has 0 aromatic heterocycles. The molecule has 0 amide bonds. The number of aliphatic hydroxyl groups excluding tert-OH is 2. The van der Waals surface area contributed by atoms with E-state index in [1.807, 2.05) is 33.8 Å². The molecular weight excluding hydrogens is 244 g/mol. The smallest absolute Gasteiger partial charge is 0.155 e. The Labute approximate surface area is 118 Å². The number of hydrogen-bond acceptors (Lipinski definition) is 4. The zero-order chi connectivity index (χ0) is 15.3. The van der Waals surface area contributed by atoms with Gasteiger partial charge < -0.3 is 19.7 Å². The third-order valence-electron chi connectivity index (χ3n) is 2.57. The molecule has 0 radical (unpaired) electrons. The average molecular weight is 276 g/mol. The Morgan fingerprint density at radius 3 is 2.16 bits per heavy atom. The van der Waals surface area contributed by atoms with Crippen LogP contribution in [0.15, 0.2) is 12.7 Å². The molecule has 0 saturated carbocycles. The molecule has 0 aromatic carbocycles. The fraction of sp³-hybridized carbons (Fsp3) is 0.867. The SMILES string of the molecule is C=CCC[C@@H](C)OC(C)OC(C)C(O)CCO.CC. The van der Waals surface area contributed by atoms with Crippen LogP contribution in [0.4, 0.5) is 0 Å². The molecule has 0 spiro atoms. The van der Waals surface area contributed by atoms with Gasteiger partial charge in [-0.15, -0.1) is 6.58 Å². The van der Waals surface area contributed by atoms with Gasteiger partial charge in [-0.05, 0) is 40.0 Å². The molecule has 0 heterocycles. The molecule has 0 rings (SSSR count). The summed E-state index contributed by atoms with van der Waals surface area (Å²) in [6, 6.07) is 0. The summed E-state index contributed by atoms with van der Waals surface area (Å²) >= 11 is 0. The summed E-state index contributed by atoms with van der Waals surface area (Å²) in [6.07, 6.45) is 2.74. The van der Waals surface area contributed by atoms with E-state index in [2.05, 4.69) is 6.58 Å². The van der Waals surface area contributed by atoms with E-state index in [0.29, 0.717) is 6.42 Å². The molecule has 0 bridgehead atoms. The van der Waals surface area contributed by atoms with Crippen LogP contribution in [0, 0.1) is 0 Å². The summed E-state index contributed by atoms with van der Waals surface area (Å²) in [7, 11) is 0. The number of rotatable bonds is 10. The molecule has 4 heteroatoms. The Kier molecular flexibility index (Phi) is 15.4. The molecule has 116 valence electrons. The van der Waals surface area contributed by atoms with Crippen molar-refractivity contribution < 1.29 is 19.7 Å². The lowest BCUT2D eigenvalue weighted by atomic mass is 10.2. The van der Waals surface area contributed by atoms with Crippen molar-refractivity contribution in [3.8, 4) is 0 Å².